The molecule has 5 rings (SSSR count). The quantitative estimate of drug-likeness (QED) is 0.783. The molecule has 1 aliphatic carbocycles. The minimum absolute atomic E-state index is 0.0363. The van der Waals surface area contributed by atoms with Gasteiger partial charge in [0.15, 0.2) is 0 Å². The Morgan fingerprint density at radius 3 is 2.21 bits per heavy atom. The number of anilines is 1. The van der Waals surface area contributed by atoms with E-state index in [1.807, 2.05) is 64.4 Å². The minimum atomic E-state index is -0.452. The molecule has 2 heterocycles. The smallest absolute Gasteiger partial charge is 0.259 e. The van der Waals surface area contributed by atoms with Crippen LogP contribution in [-0.2, 0) is 4.79 Å². The molecule has 1 atom stereocenters. The number of carbonyl (C=O) groups is 2. The molecular weight excluding hydrogens is 348 g/mol. The van der Waals surface area contributed by atoms with Crippen molar-refractivity contribution in [2.45, 2.75) is 50.0 Å². The van der Waals surface area contributed by atoms with Gasteiger partial charge < -0.3 is 9.80 Å². The number of likely N-dealkylation sites (tertiary alicyclic amines) is 1. The summed E-state index contributed by atoms with van der Waals surface area (Å²) >= 11 is 0. The van der Waals surface area contributed by atoms with Crippen LogP contribution in [0.25, 0.3) is 0 Å². The molecule has 2 aromatic rings. The van der Waals surface area contributed by atoms with Gasteiger partial charge >= 0.3 is 0 Å². The van der Waals surface area contributed by atoms with E-state index in [0.717, 1.165) is 62.9 Å². The first-order valence-electron chi connectivity index (χ1n) is 10.5. The van der Waals surface area contributed by atoms with Crippen LogP contribution < -0.4 is 4.90 Å². The number of hydrogen-bond acceptors (Lipinski definition) is 2. The predicted octanol–water partition coefficient (Wildman–Crippen LogP) is 4.37. The molecule has 1 saturated carbocycles. The van der Waals surface area contributed by atoms with E-state index in [1.54, 1.807) is 0 Å². The maximum atomic E-state index is 13.8. The fourth-order valence-electron chi connectivity index (χ4n) is 5.62. The minimum Gasteiger partial charge on any atom is -0.342 e. The van der Waals surface area contributed by atoms with Crippen LogP contribution in [0.1, 0.15) is 60.4 Å². The summed E-state index contributed by atoms with van der Waals surface area (Å²) in [7, 11) is 0. The topological polar surface area (TPSA) is 40.6 Å². The Morgan fingerprint density at radius 2 is 1.50 bits per heavy atom. The van der Waals surface area contributed by atoms with E-state index < -0.39 is 5.54 Å². The second-order valence-electron chi connectivity index (χ2n) is 8.34. The van der Waals surface area contributed by atoms with Crippen LogP contribution >= 0.6 is 0 Å². The molecule has 1 saturated heterocycles. The van der Waals surface area contributed by atoms with E-state index in [9.17, 15) is 9.59 Å². The number of hydrogen-bond donors (Lipinski definition) is 0. The van der Waals surface area contributed by atoms with Crippen molar-refractivity contribution in [3.8, 4) is 0 Å². The van der Waals surface area contributed by atoms with Crippen molar-refractivity contribution in [2.24, 2.45) is 0 Å². The van der Waals surface area contributed by atoms with Crippen molar-refractivity contribution in [3.05, 3.63) is 65.7 Å². The number of carbonyl (C=O) groups excluding carboxylic acids is 2. The van der Waals surface area contributed by atoms with Crippen LogP contribution in [0.3, 0.4) is 0 Å². The zero-order chi connectivity index (χ0) is 19.1. The Hall–Kier alpha value is -2.62. The first kappa shape index (κ1) is 17.5. The molecule has 4 heteroatoms. The van der Waals surface area contributed by atoms with Gasteiger partial charge in [-0.05, 0) is 49.4 Å². The second-order valence-corrected chi connectivity index (χ2v) is 8.34. The predicted molar refractivity (Wildman–Crippen MR) is 109 cm³/mol. The van der Waals surface area contributed by atoms with Gasteiger partial charge in [0.1, 0.15) is 0 Å². The van der Waals surface area contributed by atoms with Crippen LogP contribution in [-0.4, -0.2) is 35.3 Å². The van der Waals surface area contributed by atoms with Crippen molar-refractivity contribution in [1.29, 1.82) is 0 Å². The fraction of sp³-hybridized carbons (Fsp3) is 0.417. The summed E-state index contributed by atoms with van der Waals surface area (Å²) in [5, 5.41) is 0. The summed E-state index contributed by atoms with van der Waals surface area (Å²) in [5.41, 5.74) is 2.06. The third-order valence-electron chi connectivity index (χ3n) is 6.84. The van der Waals surface area contributed by atoms with E-state index in [-0.39, 0.29) is 17.7 Å². The Kier molecular flexibility index (Phi) is 4.22. The van der Waals surface area contributed by atoms with E-state index >= 15 is 0 Å². The van der Waals surface area contributed by atoms with Crippen molar-refractivity contribution in [2.75, 3.05) is 18.0 Å². The molecule has 28 heavy (non-hydrogen) atoms. The molecule has 1 spiro atoms. The summed E-state index contributed by atoms with van der Waals surface area (Å²) in [6, 6.07) is 17.7. The molecule has 1 unspecified atom stereocenters. The van der Waals surface area contributed by atoms with Gasteiger partial charge in [-0.3, -0.25) is 9.59 Å². The molecule has 2 aromatic carbocycles. The van der Waals surface area contributed by atoms with Crippen LogP contribution in [0, 0.1) is 0 Å². The number of para-hydroxylation sites is 1. The van der Waals surface area contributed by atoms with Gasteiger partial charge in [0.25, 0.3) is 5.91 Å². The number of rotatable bonds is 2. The summed E-state index contributed by atoms with van der Waals surface area (Å²) in [5.74, 6) is -0.0309. The highest BCUT2D eigenvalue weighted by molar-refractivity contribution is 6.12. The SMILES string of the molecule is O=C(C1c2ccccc2C(=O)N(c2ccccc2)C12CCCC2)N1CCCC1. The zero-order valence-electron chi connectivity index (χ0n) is 16.1. The monoisotopic (exact) mass is 374 g/mol. The van der Waals surface area contributed by atoms with E-state index in [4.69, 9.17) is 0 Å². The second kappa shape index (κ2) is 6.77. The molecule has 3 aliphatic rings. The zero-order valence-corrected chi connectivity index (χ0v) is 16.1. The van der Waals surface area contributed by atoms with E-state index in [0.29, 0.717) is 5.56 Å². The average molecular weight is 374 g/mol. The average Bonchev–Trinajstić information content (AvgIpc) is 3.42. The first-order chi connectivity index (χ1) is 13.7. The lowest BCUT2D eigenvalue weighted by Crippen LogP contribution is -2.61. The molecule has 144 valence electrons. The molecular formula is C24H26N2O2. The van der Waals surface area contributed by atoms with Crippen LogP contribution in [0.15, 0.2) is 54.6 Å². The van der Waals surface area contributed by atoms with Crippen molar-refractivity contribution in [1.82, 2.24) is 4.90 Å². The number of benzene rings is 2. The highest BCUT2D eigenvalue weighted by Gasteiger charge is 2.56. The molecule has 4 nitrogen and oxygen atoms in total. The van der Waals surface area contributed by atoms with Gasteiger partial charge in [-0.1, -0.05) is 49.2 Å². The van der Waals surface area contributed by atoms with Gasteiger partial charge in [0.05, 0.1) is 11.5 Å². The van der Waals surface area contributed by atoms with Crippen LogP contribution in [0.4, 0.5) is 5.69 Å². The molecule has 0 N–H and O–H groups in total. The van der Waals surface area contributed by atoms with Gasteiger partial charge in [0, 0.05) is 24.3 Å². The maximum absolute atomic E-state index is 13.8. The van der Waals surface area contributed by atoms with E-state index in [2.05, 4.69) is 0 Å². The standard InChI is InChI=1S/C24H26N2O2/c27-22-20-13-5-4-12-19(20)21(23(28)25-16-8-9-17-25)24(14-6-7-15-24)26(22)18-10-2-1-3-11-18/h1-5,10-13,21H,6-9,14-17H2. The number of nitrogens with zero attached hydrogens (tertiary/aromatic N) is 2. The molecule has 2 aliphatic heterocycles. The third kappa shape index (κ3) is 2.50. The lowest BCUT2D eigenvalue weighted by molar-refractivity contribution is -0.133. The normalized spacial score (nSPS) is 23.3. The lowest BCUT2D eigenvalue weighted by atomic mass is 9.70. The van der Waals surface area contributed by atoms with Gasteiger partial charge in [0.2, 0.25) is 5.91 Å². The molecule has 0 radical (unpaired) electrons. The summed E-state index contributed by atoms with van der Waals surface area (Å²) in [6.45, 7) is 1.68. The molecule has 0 aromatic heterocycles. The summed E-state index contributed by atoms with van der Waals surface area (Å²) < 4.78 is 0. The molecule has 2 fully saturated rings. The first-order valence-corrected chi connectivity index (χ1v) is 10.5. The lowest BCUT2D eigenvalue weighted by Gasteiger charge is -2.50. The van der Waals surface area contributed by atoms with Crippen LogP contribution in [0.5, 0.6) is 0 Å². The van der Waals surface area contributed by atoms with Gasteiger partial charge in [-0.25, -0.2) is 0 Å². The van der Waals surface area contributed by atoms with Gasteiger partial charge in [-0.2, -0.15) is 0 Å². The largest absolute Gasteiger partial charge is 0.342 e. The highest BCUT2D eigenvalue weighted by atomic mass is 16.2. The van der Waals surface area contributed by atoms with Crippen molar-refractivity contribution >= 4 is 17.5 Å². The Labute approximate surface area is 166 Å². The van der Waals surface area contributed by atoms with Gasteiger partial charge in [-0.15, -0.1) is 0 Å². The van der Waals surface area contributed by atoms with E-state index in [1.165, 1.54) is 0 Å². The fourth-order valence-corrected chi connectivity index (χ4v) is 5.62. The maximum Gasteiger partial charge on any atom is 0.259 e. The Morgan fingerprint density at radius 1 is 0.857 bits per heavy atom. The van der Waals surface area contributed by atoms with Crippen LogP contribution in [0.2, 0.25) is 0 Å². The van der Waals surface area contributed by atoms with Crippen molar-refractivity contribution in [3.63, 3.8) is 0 Å². The highest BCUT2D eigenvalue weighted by Crippen LogP contribution is 2.52. The summed E-state index contributed by atoms with van der Waals surface area (Å²) in [4.78, 5) is 31.5. The van der Waals surface area contributed by atoms with Crippen molar-refractivity contribution < 1.29 is 9.59 Å². The number of amides is 2. The Balaban J connectivity index is 1.72. The molecule has 2 amide bonds. The molecule has 0 bridgehead atoms. The summed E-state index contributed by atoms with van der Waals surface area (Å²) in [6.07, 6.45) is 6.03. The number of fused-ring (bicyclic) bond motifs is 1. The Bertz CT molecular complexity index is 896. The third-order valence-corrected chi connectivity index (χ3v) is 6.84.